The van der Waals surface area contributed by atoms with Crippen LogP contribution in [0.5, 0.6) is 0 Å². The highest BCUT2D eigenvalue weighted by Gasteiger charge is 2.25. The number of hydrogen-bond donors (Lipinski definition) is 1. The Balaban J connectivity index is 1.61. The van der Waals surface area contributed by atoms with Gasteiger partial charge in [0, 0.05) is 35.5 Å². The van der Waals surface area contributed by atoms with Crippen molar-refractivity contribution in [2.45, 2.75) is 32.2 Å². The number of H-pyrrole nitrogens is 1. The quantitative estimate of drug-likeness (QED) is 0.888. The Morgan fingerprint density at radius 3 is 2.78 bits per heavy atom. The molecule has 7 heteroatoms. The Kier molecular flexibility index (Phi) is 4.66. The van der Waals surface area contributed by atoms with E-state index in [0.717, 1.165) is 36.1 Å². The maximum Gasteiger partial charge on any atom is 0.251 e. The van der Waals surface area contributed by atoms with Gasteiger partial charge in [-0.2, -0.15) is 5.10 Å². The van der Waals surface area contributed by atoms with Gasteiger partial charge >= 0.3 is 0 Å². The van der Waals surface area contributed by atoms with E-state index in [4.69, 9.17) is 0 Å². The largest absolute Gasteiger partial charge is 0.341 e. The summed E-state index contributed by atoms with van der Waals surface area (Å²) in [6.45, 7) is 3.56. The van der Waals surface area contributed by atoms with Crippen LogP contribution >= 0.6 is 15.9 Å². The summed E-state index contributed by atoms with van der Waals surface area (Å²) < 4.78 is 2.23. The Morgan fingerprint density at radius 1 is 1.39 bits per heavy atom. The average Bonchev–Trinajstić information content (AvgIpc) is 2.97. The number of aromatic amines is 1. The van der Waals surface area contributed by atoms with Gasteiger partial charge in [-0.05, 0) is 53.2 Å². The summed E-state index contributed by atoms with van der Waals surface area (Å²) in [5, 5.41) is 7.05. The number of aromatic nitrogens is 3. The maximum absolute atomic E-state index is 12.4. The zero-order valence-electron chi connectivity index (χ0n) is 13.0. The SMILES string of the molecule is Cc1[nH]ncc1C1CCN(C(=O)Cn2cc(Br)ccc2=O)CC1. The zero-order chi connectivity index (χ0) is 16.4. The van der Waals surface area contributed by atoms with Gasteiger partial charge in [-0.15, -0.1) is 0 Å². The van der Waals surface area contributed by atoms with Gasteiger partial charge in [-0.1, -0.05) is 0 Å². The lowest BCUT2D eigenvalue weighted by atomic mass is 9.90. The third-order valence-electron chi connectivity index (χ3n) is 4.41. The smallest absolute Gasteiger partial charge is 0.251 e. The fourth-order valence-corrected chi connectivity index (χ4v) is 3.46. The molecule has 0 aromatic carbocycles. The number of rotatable bonds is 3. The summed E-state index contributed by atoms with van der Waals surface area (Å²) in [5.41, 5.74) is 2.20. The van der Waals surface area contributed by atoms with E-state index >= 15 is 0 Å². The van der Waals surface area contributed by atoms with E-state index in [1.807, 2.05) is 18.0 Å². The molecule has 1 aliphatic rings. The normalized spacial score (nSPS) is 15.8. The van der Waals surface area contributed by atoms with Crippen molar-refractivity contribution in [2.75, 3.05) is 13.1 Å². The van der Waals surface area contributed by atoms with Crippen molar-refractivity contribution in [1.29, 1.82) is 0 Å². The monoisotopic (exact) mass is 378 g/mol. The number of halogens is 1. The predicted molar refractivity (Wildman–Crippen MR) is 90.3 cm³/mol. The molecule has 6 nitrogen and oxygen atoms in total. The molecule has 2 aromatic heterocycles. The van der Waals surface area contributed by atoms with Crippen molar-refractivity contribution in [1.82, 2.24) is 19.7 Å². The molecule has 0 atom stereocenters. The molecule has 0 saturated carbocycles. The first-order valence-electron chi connectivity index (χ1n) is 7.68. The topological polar surface area (TPSA) is 71.0 Å². The van der Waals surface area contributed by atoms with Gasteiger partial charge < -0.3 is 9.47 Å². The second-order valence-electron chi connectivity index (χ2n) is 5.92. The highest BCUT2D eigenvalue weighted by Crippen LogP contribution is 2.29. The number of piperidine rings is 1. The van der Waals surface area contributed by atoms with Crippen molar-refractivity contribution in [3.8, 4) is 0 Å². The summed E-state index contributed by atoms with van der Waals surface area (Å²) in [7, 11) is 0. The molecule has 1 N–H and O–H groups in total. The summed E-state index contributed by atoms with van der Waals surface area (Å²) in [6, 6.07) is 3.15. The van der Waals surface area contributed by atoms with Crippen LogP contribution in [-0.4, -0.2) is 38.7 Å². The van der Waals surface area contributed by atoms with Crippen LogP contribution in [0, 0.1) is 6.92 Å². The first-order valence-corrected chi connectivity index (χ1v) is 8.47. The molecular weight excluding hydrogens is 360 g/mol. The maximum atomic E-state index is 12.4. The standard InChI is InChI=1S/C16H19BrN4O2/c1-11-14(8-18-19-11)12-4-6-20(7-5-12)16(23)10-21-9-13(17)2-3-15(21)22/h2-3,8-9,12H,4-7,10H2,1H3,(H,18,19). The minimum Gasteiger partial charge on any atom is -0.341 e. The molecule has 1 saturated heterocycles. The number of likely N-dealkylation sites (tertiary alicyclic amines) is 1. The van der Waals surface area contributed by atoms with Gasteiger partial charge in [0.25, 0.3) is 5.56 Å². The van der Waals surface area contributed by atoms with E-state index < -0.39 is 0 Å². The number of nitrogens with zero attached hydrogens (tertiary/aromatic N) is 3. The predicted octanol–water partition coefficient (Wildman–Crippen LogP) is 2.05. The van der Waals surface area contributed by atoms with Crippen LogP contribution in [-0.2, 0) is 11.3 Å². The van der Waals surface area contributed by atoms with E-state index in [1.54, 1.807) is 12.3 Å². The number of aryl methyl sites for hydroxylation is 1. The summed E-state index contributed by atoms with van der Waals surface area (Å²) in [4.78, 5) is 26.1. The average molecular weight is 379 g/mol. The van der Waals surface area contributed by atoms with E-state index in [1.165, 1.54) is 16.2 Å². The Bertz CT molecular complexity index is 759. The molecule has 0 unspecified atom stereocenters. The van der Waals surface area contributed by atoms with Crippen LogP contribution in [0.2, 0.25) is 0 Å². The first-order chi connectivity index (χ1) is 11.0. The van der Waals surface area contributed by atoms with E-state index in [2.05, 4.69) is 26.1 Å². The van der Waals surface area contributed by atoms with Crippen molar-refractivity contribution in [3.63, 3.8) is 0 Å². The molecule has 1 fully saturated rings. The van der Waals surface area contributed by atoms with Gasteiger partial charge in [0.2, 0.25) is 5.91 Å². The fraction of sp³-hybridized carbons (Fsp3) is 0.438. The molecule has 3 heterocycles. The van der Waals surface area contributed by atoms with Crippen molar-refractivity contribution >= 4 is 21.8 Å². The van der Waals surface area contributed by atoms with Crippen LogP contribution in [0.25, 0.3) is 0 Å². The molecule has 0 radical (unpaired) electrons. The molecule has 0 spiro atoms. The fourth-order valence-electron chi connectivity index (χ4n) is 3.08. The van der Waals surface area contributed by atoms with Gasteiger partial charge in [-0.25, -0.2) is 0 Å². The van der Waals surface area contributed by atoms with Crippen LogP contribution in [0.15, 0.2) is 33.8 Å². The van der Waals surface area contributed by atoms with Gasteiger partial charge in [0.1, 0.15) is 6.54 Å². The Labute approximate surface area is 142 Å². The number of pyridine rings is 1. The number of carbonyl (C=O) groups is 1. The van der Waals surface area contributed by atoms with Crippen molar-refractivity contribution in [2.24, 2.45) is 0 Å². The molecule has 0 aliphatic carbocycles. The number of hydrogen-bond acceptors (Lipinski definition) is 3. The lowest BCUT2D eigenvalue weighted by Gasteiger charge is -2.32. The molecule has 122 valence electrons. The first kappa shape index (κ1) is 16.0. The van der Waals surface area contributed by atoms with Gasteiger partial charge in [0.05, 0.1) is 6.20 Å². The van der Waals surface area contributed by atoms with Crippen LogP contribution in [0.3, 0.4) is 0 Å². The molecule has 23 heavy (non-hydrogen) atoms. The van der Waals surface area contributed by atoms with Gasteiger partial charge in [0.15, 0.2) is 0 Å². The molecule has 2 aromatic rings. The minimum absolute atomic E-state index is 0.00688. The summed E-state index contributed by atoms with van der Waals surface area (Å²) >= 11 is 3.33. The molecule has 0 bridgehead atoms. The molecular formula is C16H19BrN4O2. The third-order valence-corrected chi connectivity index (χ3v) is 4.88. The number of nitrogens with one attached hydrogen (secondary N) is 1. The Morgan fingerprint density at radius 2 is 2.13 bits per heavy atom. The van der Waals surface area contributed by atoms with Crippen LogP contribution in [0.4, 0.5) is 0 Å². The minimum atomic E-state index is -0.162. The molecule has 1 aliphatic heterocycles. The number of carbonyl (C=O) groups excluding carboxylic acids is 1. The van der Waals surface area contributed by atoms with Gasteiger partial charge in [-0.3, -0.25) is 14.7 Å². The van der Waals surface area contributed by atoms with Crippen molar-refractivity contribution in [3.05, 3.63) is 50.6 Å². The highest BCUT2D eigenvalue weighted by atomic mass is 79.9. The molecule has 3 rings (SSSR count). The van der Waals surface area contributed by atoms with E-state index in [-0.39, 0.29) is 18.0 Å². The van der Waals surface area contributed by atoms with E-state index in [0.29, 0.717) is 5.92 Å². The highest BCUT2D eigenvalue weighted by molar-refractivity contribution is 9.10. The second kappa shape index (κ2) is 6.70. The lowest BCUT2D eigenvalue weighted by Crippen LogP contribution is -2.41. The number of amides is 1. The van der Waals surface area contributed by atoms with E-state index in [9.17, 15) is 9.59 Å². The third kappa shape index (κ3) is 3.55. The Hall–Kier alpha value is -1.89. The summed E-state index contributed by atoms with van der Waals surface area (Å²) in [6.07, 6.45) is 5.40. The molecule has 1 amide bonds. The summed E-state index contributed by atoms with van der Waals surface area (Å²) in [5.74, 6) is 0.443. The zero-order valence-corrected chi connectivity index (χ0v) is 14.5. The van der Waals surface area contributed by atoms with Crippen LogP contribution < -0.4 is 5.56 Å². The van der Waals surface area contributed by atoms with Crippen LogP contribution in [0.1, 0.15) is 30.0 Å². The van der Waals surface area contributed by atoms with Crippen molar-refractivity contribution < 1.29 is 4.79 Å². The lowest BCUT2D eigenvalue weighted by molar-refractivity contribution is -0.132. The second-order valence-corrected chi connectivity index (χ2v) is 6.83.